The van der Waals surface area contributed by atoms with Gasteiger partial charge in [0.25, 0.3) is 5.89 Å². The summed E-state index contributed by atoms with van der Waals surface area (Å²) in [5.74, 6) is -1.13. The predicted molar refractivity (Wildman–Crippen MR) is 80.6 cm³/mol. The Bertz CT molecular complexity index is 921. The Balaban J connectivity index is 1.92. The Labute approximate surface area is 134 Å². The van der Waals surface area contributed by atoms with Gasteiger partial charge in [-0.15, -0.1) is 0 Å². The molecular weight excluding hydrogens is 318 g/mol. The molecule has 0 bridgehead atoms. The lowest BCUT2D eigenvalue weighted by atomic mass is 10.1. The number of benzene rings is 2. The maximum Gasteiger partial charge on any atom is 0.315 e. The van der Waals surface area contributed by atoms with Crippen molar-refractivity contribution < 1.29 is 24.8 Å². The summed E-state index contributed by atoms with van der Waals surface area (Å²) in [6.45, 7) is 0. The van der Waals surface area contributed by atoms with E-state index in [-0.39, 0.29) is 23.6 Å². The third-order valence-corrected chi connectivity index (χ3v) is 3.25. The SMILES string of the molecule is O=[N+]([O-])c1cc(-c2nc(Cc3cccc(O)c3)no2)cc(O)c1O. The Morgan fingerprint density at radius 1 is 1.17 bits per heavy atom. The second-order valence-corrected chi connectivity index (χ2v) is 4.98. The van der Waals surface area contributed by atoms with E-state index in [2.05, 4.69) is 10.1 Å². The maximum atomic E-state index is 10.9. The number of nitro groups is 1. The molecule has 122 valence electrons. The highest BCUT2D eigenvalue weighted by Crippen LogP contribution is 2.38. The lowest BCUT2D eigenvalue weighted by Gasteiger charge is -2.01. The van der Waals surface area contributed by atoms with Gasteiger partial charge >= 0.3 is 5.69 Å². The zero-order chi connectivity index (χ0) is 17.3. The maximum absolute atomic E-state index is 10.9. The second-order valence-electron chi connectivity index (χ2n) is 4.98. The van der Waals surface area contributed by atoms with Crippen LogP contribution < -0.4 is 0 Å². The molecule has 0 amide bonds. The first kappa shape index (κ1) is 15.3. The van der Waals surface area contributed by atoms with E-state index in [0.717, 1.165) is 17.7 Å². The molecule has 0 unspecified atom stereocenters. The molecule has 1 aromatic heterocycles. The zero-order valence-electron chi connectivity index (χ0n) is 12.1. The summed E-state index contributed by atoms with van der Waals surface area (Å²) in [7, 11) is 0. The standard InChI is InChI=1S/C15H11N3O6/c19-10-3-1-2-8(4-10)5-13-16-15(24-17-13)9-6-11(18(22)23)14(21)12(20)7-9/h1-4,6-7,19-21H,5H2. The number of aromatic hydroxyl groups is 3. The van der Waals surface area contributed by atoms with E-state index in [1.54, 1.807) is 18.2 Å². The molecule has 0 atom stereocenters. The average molecular weight is 329 g/mol. The molecule has 0 fully saturated rings. The van der Waals surface area contributed by atoms with E-state index in [0.29, 0.717) is 5.82 Å². The molecule has 0 aliphatic carbocycles. The normalized spacial score (nSPS) is 10.7. The summed E-state index contributed by atoms with van der Waals surface area (Å²) in [4.78, 5) is 14.2. The van der Waals surface area contributed by atoms with Crippen LogP contribution in [0, 0.1) is 10.1 Å². The van der Waals surface area contributed by atoms with Gasteiger partial charge in [0, 0.05) is 12.5 Å². The van der Waals surface area contributed by atoms with E-state index in [1.807, 2.05) is 0 Å². The molecule has 0 saturated heterocycles. The van der Waals surface area contributed by atoms with Gasteiger partial charge in [-0.1, -0.05) is 17.3 Å². The zero-order valence-corrected chi connectivity index (χ0v) is 12.1. The summed E-state index contributed by atoms with van der Waals surface area (Å²) in [6.07, 6.45) is 0.282. The van der Waals surface area contributed by atoms with Crippen LogP contribution in [0.15, 0.2) is 40.9 Å². The van der Waals surface area contributed by atoms with Crippen molar-refractivity contribution in [2.45, 2.75) is 6.42 Å². The highest BCUT2D eigenvalue weighted by molar-refractivity contribution is 5.67. The third kappa shape index (κ3) is 2.95. The van der Waals surface area contributed by atoms with Crippen molar-refractivity contribution in [1.82, 2.24) is 10.1 Å². The molecule has 3 N–H and O–H groups in total. The van der Waals surface area contributed by atoms with Crippen molar-refractivity contribution in [3.05, 3.63) is 57.9 Å². The van der Waals surface area contributed by atoms with Crippen LogP contribution in [0.2, 0.25) is 0 Å². The van der Waals surface area contributed by atoms with Crippen LogP contribution in [0.5, 0.6) is 17.2 Å². The number of phenols is 3. The van der Waals surface area contributed by atoms with Crippen molar-refractivity contribution >= 4 is 5.69 Å². The molecule has 9 nitrogen and oxygen atoms in total. The van der Waals surface area contributed by atoms with Crippen molar-refractivity contribution in [3.63, 3.8) is 0 Å². The summed E-state index contributed by atoms with van der Waals surface area (Å²) in [5, 5.41) is 43.2. The summed E-state index contributed by atoms with van der Waals surface area (Å²) in [6, 6.07) is 8.64. The van der Waals surface area contributed by atoms with Crippen LogP contribution in [0.25, 0.3) is 11.5 Å². The molecule has 0 aliphatic heterocycles. The van der Waals surface area contributed by atoms with Crippen molar-refractivity contribution in [1.29, 1.82) is 0 Å². The van der Waals surface area contributed by atoms with Gasteiger partial charge < -0.3 is 19.8 Å². The van der Waals surface area contributed by atoms with Crippen LogP contribution >= 0.6 is 0 Å². The minimum atomic E-state index is -0.831. The van der Waals surface area contributed by atoms with E-state index in [1.165, 1.54) is 6.07 Å². The topological polar surface area (TPSA) is 143 Å². The van der Waals surface area contributed by atoms with E-state index in [9.17, 15) is 25.4 Å². The Hall–Kier alpha value is -3.62. The molecule has 0 radical (unpaired) electrons. The Morgan fingerprint density at radius 2 is 1.96 bits per heavy atom. The third-order valence-electron chi connectivity index (χ3n) is 3.25. The van der Waals surface area contributed by atoms with Crippen LogP contribution in [0.4, 0.5) is 5.69 Å². The quantitative estimate of drug-likeness (QED) is 0.376. The van der Waals surface area contributed by atoms with Gasteiger partial charge in [0.05, 0.1) is 10.5 Å². The van der Waals surface area contributed by atoms with Crippen molar-refractivity contribution in [3.8, 4) is 28.7 Å². The monoisotopic (exact) mass is 329 g/mol. The van der Waals surface area contributed by atoms with Gasteiger partial charge in [-0.05, 0) is 23.8 Å². The predicted octanol–water partition coefficient (Wildman–Crippen LogP) is 2.35. The molecule has 3 aromatic rings. The van der Waals surface area contributed by atoms with Gasteiger partial charge in [0.15, 0.2) is 11.6 Å². The smallest absolute Gasteiger partial charge is 0.315 e. The van der Waals surface area contributed by atoms with E-state index in [4.69, 9.17) is 4.52 Å². The molecule has 24 heavy (non-hydrogen) atoms. The van der Waals surface area contributed by atoms with Crippen LogP contribution in [-0.2, 0) is 6.42 Å². The fourth-order valence-electron chi connectivity index (χ4n) is 2.16. The fraction of sp³-hybridized carbons (Fsp3) is 0.0667. The largest absolute Gasteiger partial charge is 0.508 e. The second kappa shape index (κ2) is 5.88. The van der Waals surface area contributed by atoms with Crippen LogP contribution in [0.3, 0.4) is 0 Å². The van der Waals surface area contributed by atoms with E-state index < -0.39 is 22.1 Å². The molecule has 1 heterocycles. The molecule has 0 spiro atoms. The summed E-state index contributed by atoms with van der Waals surface area (Å²) < 4.78 is 5.04. The number of rotatable bonds is 4. The highest BCUT2D eigenvalue weighted by atomic mass is 16.6. The molecule has 0 saturated carbocycles. The first-order valence-electron chi connectivity index (χ1n) is 6.75. The summed E-state index contributed by atoms with van der Waals surface area (Å²) >= 11 is 0. The highest BCUT2D eigenvalue weighted by Gasteiger charge is 2.22. The Kier molecular flexibility index (Phi) is 3.74. The number of nitrogens with zero attached hydrogens (tertiary/aromatic N) is 3. The summed E-state index contributed by atoms with van der Waals surface area (Å²) in [5.41, 5.74) is 0.186. The molecule has 3 rings (SSSR count). The minimum Gasteiger partial charge on any atom is -0.508 e. The number of nitro benzene ring substituents is 1. The first-order valence-corrected chi connectivity index (χ1v) is 6.75. The van der Waals surface area contributed by atoms with Crippen LogP contribution in [0.1, 0.15) is 11.4 Å². The number of phenolic OH excluding ortho intramolecular Hbond substituents is 3. The molecular formula is C15H11N3O6. The van der Waals surface area contributed by atoms with Crippen LogP contribution in [-0.4, -0.2) is 30.4 Å². The first-order chi connectivity index (χ1) is 11.4. The van der Waals surface area contributed by atoms with Gasteiger partial charge in [0.1, 0.15) is 5.75 Å². The average Bonchev–Trinajstić information content (AvgIpc) is 2.98. The van der Waals surface area contributed by atoms with E-state index >= 15 is 0 Å². The number of aromatic nitrogens is 2. The van der Waals surface area contributed by atoms with Gasteiger partial charge in [-0.3, -0.25) is 10.1 Å². The lowest BCUT2D eigenvalue weighted by molar-refractivity contribution is -0.385. The van der Waals surface area contributed by atoms with Crippen molar-refractivity contribution in [2.24, 2.45) is 0 Å². The fourth-order valence-corrected chi connectivity index (χ4v) is 2.16. The molecule has 0 aliphatic rings. The number of hydrogen-bond donors (Lipinski definition) is 3. The van der Waals surface area contributed by atoms with Crippen molar-refractivity contribution in [2.75, 3.05) is 0 Å². The Morgan fingerprint density at radius 3 is 2.67 bits per heavy atom. The van der Waals surface area contributed by atoms with Gasteiger partial charge in [-0.2, -0.15) is 4.98 Å². The molecule has 9 heteroatoms. The van der Waals surface area contributed by atoms with Gasteiger partial charge in [-0.25, -0.2) is 0 Å². The number of hydrogen-bond acceptors (Lipinski definition) is 8. The molecule has 2 aromatic carbocycles. The van der Waals surface area contributed by atoms with Gasteiger partial charge in [0.2, 0.25) is 5.75 Å². The lowest BCUT2D eigenvalue weighted by Crippen LogP contribution is -1.92. The minimum absolute atomic E-state index is 0.0384.